The summed E-state index contributed by atoms with van der Waals surface area (Å²) in [6.07, 6.45) is 0. The molecule has 0 fully saturated rings. The number of anilines is 1. The number of nitrogens with two attached hydrogens (primary N) is 1. The number of ether oxygens (including phenoxy) is 1. The van der Waals surface area contributed by atoms with Crippen LogP contribution in [0.25, 0.3) is 0 Å². The van der Waals surface area contributed by atoms with Crippen LogP contribution in [0.5, 0.6) is 11.5 Å². The minimum absolute atomic E-state index is 0.295. The fourth-order valence-corrected chi connectivity index (χ4v) is 1.40. The zero-order valence-electron chi connectivity index (χ0n) is 10.9. The van der Waals surface area contributed by atoms with Gasteiger partial charge in [-0.2, -0.15) is 0 Å². The molecule has 3 heteroatoms. The second kappa shape index (κ2) is 6.64. The Balaban J connectivity index is 0.000000771. The monoisotopic (exact) mass is 247 g/mol. The van der Waals surface area contributed by atoms with Crippen LogP contribution in [0.1, 0.15) is 19.4 Å². The van der Waals surface area contributed by atoms with Crippen molar-refractivity contribution >= 4 is 5.69 Å². The Morgan fingerprint density at radius 1 is 1.00 bits per heavy atom. The molecular weight excluding hydrogens is 229 g/mol. The third kappa shape index (κ3) is 3.48. The SMILES string of the molecule is CC.Cc1ccccc1Oc1ccc(F)cc1N. The van der Waals surface area contributed by atoms with Gasteiger partial charge in [0.25, 0.3) is 0 Å². The van der Waals surface area contributed by atoms with Crippen molar-refractivity contribution in [3.05, 3.63) is 53.8 Å². The molecule has 0 aliphatic carbocycles. The van der Waals surface area contributed by atoms with E-state index in [1.165, 1.54) is 18.2 Å². The second-order valence-electron chi connectivity index (χ2n) is 3.55. The largest absolute Gasteiger partial charge is 0.455 e. The smallest absolute Gasteiger partial charge is 0.150 e. The van der Waals surface area contributed by atoms with Crippen molar-refractivity contribution in [1.82, 2.24) is 0 Å². The fourth-order valence-electron chi connectivity index (χ4n) is 1.40. The zero-order chi connectivity index (χ0) is 13.5. The summed E-state index contributed by atoms with van der Waals surface area (Å²) in [4.78, 5) is 0. The molecule has 2 rings (SSSR count). The van der Waals surface area contributed by atoms with Gasteiger partial charge in [0, 0.05) is 6.07 Å². The molecular formula is C15H18FNO. The maximum atomic E-state index is 12.8. The van der Waals surface area contributed by atoms with Crippen molar-refractivity contribution < 1.29 is 9.13 Å². The molecule has 2 aromatic rings. The zero-order valence-corrected chi connectivity index (χ0v) is 10.9. The van der Waals surface area contributed by atoms with Crippen LogP contribution in [-0.2, 0) is 0 Å². The first kappa shape index (κ1) is 14.0. The van der Waals surface area contributed by atoms with Crippen molar-refractivity contribution in [3.8, 4) is 11.5 Å². The van der Waals surface area contributed by atoms with Gasteiger partial charge in [-0.15, -0.1) is 0 Å². The molecule has 0 aromatic heterocycles. The first-order valence-electron chi connectivity index (χ1n) is 5.95. The van der Waals surface area contributed by atoms with Crippen LogP contribution in [-0.4, -0.2) is 0 Å². The Morgan fingerprint density at radius 2 is 1.67 bits per heavy atom. The second-order valence-corrected chi connectivity index (χ2v) is 3.55. The molecule has 0 radical (unpaired) electrons. The minimum atomic E-state index is -0.366. The fraction of sp³-hybridized carbons (Fsp3) is 0.200. The van der Waals surface area contributed by atoms with Crippen molar-refractivity contribution in [2.45, 2.75) is 20.8 Å². The molecule has 18 heavy (non-hydrogen) atoms. The highest BCUT2D eigenvalue weighted by Gasteiger charge is 2.04. The van der Waals surface area contributed by atoms with Crippen LogP contribution < -0.4 is 10.5 Å². The van der Waals surface area contributed by atoms with Crippen LogP contribution in [0.15, 0.2) is 42.5 Å². The van der Waals surface area contributed by atoms with Gasteiger partial charge in [-0.05, 0) is 30.7 Å². The topological polar surface area (TPSA) is 35.2 Å². The lowest BCUT2D eigenvalue weighted by molar-refractivity contribution is 0.479. The van der Waals surface area contributed by atoms with Gasteiger partial charge in [-0.25, -0.2) is 4.39 Å². The molecule has 0 spiro atoms. The van der Waals surface area contributed by atoms with Gasteiger partial charge in [-0.1, -0.05) is 32.0 Å². The number of nitrogen functional groups attached to an aromatic ring is 1. The molecule has 0 aliphatic rings. The summed E-state index contributed by atoms with van der Waals surface area (Å²) in [5, 5.41) is 0. The standard InChI is InChI=1S/C13H12FNO.C2H6/c1-9-4-2-3-5-12(9)16-13-7-6-10(14)8-11(13)15;1-2/h2-8H,15H2,1H3;1-2H3. The lowest BCUT2D eigenvalue weighted by Crippen LogP contribution is -1.94. The normalized spacial score (nSPS) is 9.33. The number of halogens is 1. The van der Waals surface area contributed by atoms with E-state index in [1.54, 1.807) is 0 Å². The van der Waals surface area contributed by atoms with E-state index in [1.807, 2.05) is 45.0 Å². The molecule has 0 aliphatic heterocycles. The predicted octanol–water partition coefficient (Wildman–Crippen LogP) is 4.53. The van der Waals surface area contributed by atoms with Crippen LogP contribution in [0.3, 0.4) is 0 Å². The Kier molecular flexibility index (Phi) is 5.18. The summed E-state index contributed by atoms with van der Waals surface area (Å²) < 4.78 is 18.4. The third-order valence-corrected chi connectivity index (χ3v) is 2.29. The molecule has 2 N–H and O–H groups in total. The number of aryl methyl sites for hydroxylation is 1. The van der Waals surface area contributed by atoms with Crippen molar-refractivity contribution in [2.24, 2.45) is 0 Å². The summed E-state index contributed by atoms with van der Waals surface area (Å²) in [7, 11) is 0. The minimum Gasteiger partial charge on any atom is -0.455 e. The molecule has 0 amide bonds. The Labute approximate surface area is 107 Å². The van der Waals surface area contributed by atoms with Gasteiger partial charge in [-0.3, -0.25) is 0 Å². The van der Waals surface area contributed by atoms with Crippen LogP contribution in [0.2, 0.25) is 0 Å². The maximum Gasteiger partial charge on any atom is 0.150 e. The average Bonchev–Trinajstić information content (AvgIpc) is 2.38. The maximum absolute atomic E-state index is 12.8. The average molecular weight is 247 g/mol. The lowest BCUT2D eigenvalue weighted by Gasteiger charge is -2.10. The summed E-state index contributed by atoms with van der Waals surface area (Å²) in [6.45, 7) is 5.94. The Hall–Kier alpha value is -2.03. The highest BCUT2D eigenvalue weighted by Crippen LogP contribution is 2.29. The van der Waals surface area contributed by atoms with Crippen molar-refractivity contribution in [2.75, 3.05) is 5.73 Å². The van der Waals surface area contributed by atoms with Crippen LogP contribution in [0.4, 0.5) is 10.1 Å². The molecule has 2 nitrogen and oxygen atoms in total. The van der Waals surface area contributed by atoms with E-state index in [2.05, 4.69) is 0 Å². The van der Waals surface area contributed by atoms with E-state index in [-0.39, 0.29) is 5.82 Å². The van der Waals surface area contributed by atoms with E-state index in [9.17, 15) is 4.39 Å². The van der Waals surface area contributed by atoms with Crippen molar-refractivity contribution in [1.29, 1.82) is 0 Å². The molecule has 0 unspecified atom stereocenters. The lowest BCUT2D eigenvalue weighted by atomic mass is 10.2. The summed E-state index contributed by atoms with van der Waals surface area (Å²) in [5.74, 6) is 0.825. The van der Waals surface area contributed by atoms with Crippen LogP contribution >= 0.6 is 0 Å². The number of para-hydroxylation sites is 1. The van der Waals surface area contributed by atoms with Gasteiger partial charge in [0.2, 0.25) is 0 Å². The van der Waals surface area contributed by atoms with E-state index in [0.29, 0.717) is 11.4 Å². The van der Waals surface area contributed by atoms with E-state index in [0.717, 1.165) is 11.3 Å². The number of hydrogen-bond donors (Lipinski definition) is 1. The van der Waals surface area contributed by atoms with E-state index >= 15 is 0 Å². The van der Waals surface area contributed by atoms with Gasteiger partial charge < -0.3 is 10.5 Å². The first-order chi connectivity index (χ1) is 8.66. The molecule has 0 bridgehead atoms. The molecule has 0 heterocycles. The molecule has 0 atom stereocenters. The number of hydrogen-bond acceptors (Lipinski definition) is 2. The Bertz CT molecular complexity index is 512. The molecule has 0 saturated heterocycles. The third-order valence-electron chi connectivity index (χ3n) is 2.29. The predicted molar refractivity (Wildman–Crippen MR) is 73.4 cm³/mol. The van der Waals surface area contributed by atoms with Gasteiger partial charge >= 0.3 is 0 Å². The highest BCUT2D eigenvalue weighted by molar-refractivity contribution is 5.54. The van der Waals surface area contributed by atoms with E-state index in [4.69, 9.17) is 10.5 Å². The van der Waals surface area contributed by atoms with Crippen molar-refractivity contribution in [3.63, 3.8) is 0 Å². The summed E-state index contributed by atoms with van der Waals surface area (Å²) >= 11 is 0. The quantitative estimate of drug-likeness (QED) is 0.791. The molecule has 2 aromatic carbocycles. The van der Waals surface area contributed by atoms with Gasteiger partial charge in [0.05, 0.1) is 5.69 Å². The Morgan fingerprint density at radius 3 is 2.28 bits per heavy atom. The number of rotatable bonds is 2. The van der Waals surface area contributed by atoms with Gasteiger partial charge in [0.1, 0.15) is 11.6 Å². The molecule has 0 saturated carbocycles. The first-order valence-corrected chi connectivity index (χ1v) is 5.95. The summed E-state index contributed by atoms with van der Waals surface area (Å²) in [6, 6.07) is 11.7. The summed E-state index contributed by atoms with van der Waals surface area (Å²) in [5.41, 5.74) is 6.95. The number of benzene rings is 2. The highest BCUT2D eigenvalue weighted by atomic mass is 19.1. The van der Waals surface area contributed by atoms with Gasteiger partial charge in [0.15, 0.2) is 5.75 Å². The molecule has 96 valence electrons. The van der Waals surface area contributed by atoms with Crippen LogP contribution in [0, 0.1) is 12.7 Å². The van der Waals surface area contributed by atoms with E-state index < -0.39 is 0 Å².